The quantitative estimate of drug-likeness (QED) is 0.806. The average molecular weight is 301 g/mol. The van der Waals surface area contributed by atoms with Crippen molar-refractivity contribution in [3.05, 3.63) is 66.0 Å². The number of carbonyl (C=O) groups excluding carboxylic acids is 1. The summed E-state index contributed by atoms with van der Waals surface area (Å²) in [6.07, 6.45) is 3.22. The van der Waals surface area contributed by atoms with Crippen LogP contribution in [0.3, 0.4) is 0 Å². The zero-order valence-corrected chi connectivity index (χ0v) is 11.1. The number of nitrogens with one attached hydrogen (secondary N) is 1. The Labute approximate surface area is 123 Å². The van der Waals surface area contributed by atoms with Crippen LogP contribution in [-0.2, 0) is 0 Å². The Morgan fingerprint density at radius 3 is 2.73 bits per heavy atom. The summed E-state index contributed by atoms with van der Waals surface area (Å²) in [4.78, 5) is 15.9. The number of hydrogen-bond acceptors (Lipinski definition) is 4. The maximum Gasteiger partial charge on any atom is 0.258 e. The predicted octanol–water partition coefficient (Wildman–Crippen LogP) is 3.27. The van der Waals surface area contributed by atoms with Crippen molar-refractivity contribution in [2.45, 2.75) is 0 Å². The molecule has 0 spiro atoms. The van der Waals surface area contributed by atoms with E-state index in [2.05, 4.69) is 15.5 Å². The number of carbonyl (C=O) groups is 1. The molecule has 2 heterocycles. The highest BCUT2D eigenvalue weighted by atomic mass is 19.2. The van der Waals surface area contributed by atoms with Gasteiger partial charge >= 0.3 is 0 Å². The predicted molar refractivity (Wildman–Crippen MR) is 74.0 cm³/mol. The SMILES string of the molecule is O=C(Nc1cc(-c2cccnc2)no1)c1ccc(F)c(F)c1. The van der Waals surface area contributed by atoms with Crippen molar-refractivity contribution in [2.75, 3.05) is 5.32 Å². The molecule has 0 bridgehead atoms. The molecule has 3 aromatic rings. The van der Waals surface area contributed by atoms with Crippen LogP contribution in [0.25, 0.3) is 11.3 Å². The summed E-state index contributed by atoms with van der Waals surface area (Å²) in [6.45, 7) is 0. The van der Waals surface area contributed by atoms with Crippen LogP contribution in [0, 0.1) is 11.6 Å². The maximum absolute atomic E-state index is 13.1. The molecule has 0 aliphatic carbocycles. The second kappa shape index (κ2) is 5.72. The molecule has 0 aliphatic heterocycles. The maximum atomic E-state index is 13.1. The Hall–Kier alpha value is -3.09. The topological polar surface area (TPSA) is 68.0 Å². The number of nitrogens with zero attached hydrogens (tertiary/aromatic N) is 2. The second-order valence-corrected chi connectivity index (χ2v) is 4.40. The molecule has 3 rings (SSSR count). The van der Waals surface area contributed by atoms with Gasteiger partial charge in [0.15, 0.2) is 11.6 Å². The van der Waals surface area contributed by atoms with E-state index in [1.807, 2.05) is 0 Å². The van der Waals surface area contributed by atoms with Gasteiger partial charge in [0, 0.05) is 29.6 Å². The summed E-state index contributed by atoms with van der Waals surface area (Å²) in [6, 6.07) is 7.89. The van der Waals surface area contributed by atoms with Gasteiger partial charge in [-0.25, -0.2) is 8.78 Å². The highest BCUT2D eigenvalue weighted by Gasteiger charge is 2.13. The molecule has 7 heteroatoms. The zero-order chi connectivity index (χ0) is 15.5. The molecular formula is C15H9F2N3O2. The number of aromatic nitrogens is 2. The smallest absolute Gasteiger partial charge is 0.258 e. The molecule has 2 aromatic heterocycles. The Morgan fingerprint density at radius 1 is 1.14 bits per heavy atom. The number of amides is 1. The Kier molecular flexibility index (Phi) is 3.61. The van der Waals surface area contributed by atoms with E-state index in [4.69, 9.17) is 4.52 Å². The Balaban J connectivity index is 1.77. The first-order valence-corrected chi connectivity index (χ1v) is 6.27. The van der Waals surface area contributed by atoms with Crippen LogP contribution in [0.15, 0.2) is 53.3 Å². The molecule has 0 saturated heterocycles. The van der Waals surface area contributed by atoms with Gasteiger partial charge < -0.3 is 4.52 Å². The van der Waals surface area contributed by atoms with E-state index in [-0.39, 0.29) is 11.4 Å². The van der Waals surface area contributed by atoms with Crippen molar-refractivity contribution in [2.24, 2.45) is 0 Å². The summed E-state index contributed by atoms with van der Waals surface area (Å²) in [5, 5.41) is 6.22. The first-order valence-electron chi connectivity index (χ1n) is 6.27. The average Bonchev–Trinajstić information content (AvgIpc) is 2.99. The molecule has 0 fully saturated rings. The molecule has 110 valence electrons. The summed E-state index contributed by atoms with van der Waals surface area (Å²) < 4.78 is 30.9. The minimum atomic E-state index is -1.10. The van der Waals surface area contributed by atoms with Crippen LogP contribution in [0.2, 0.25) is 0 Å². The van der Waals surface area contributed by atoms with Crippen molar-refractivity contribution < 1.29 is 18.1 Å². The molecule has 22 heavy (non-hydrogen) atoms. The third-order valence-corrected chi connectivity index (χ3v) is 2.89. The fraction of sp³-hybridized carbons (Fsp3) is 0. The normalized spacial score (nSPS) is 10.5. The van der Waals surface area contributed by atoms with E-state index in [1.165, 1.54) is 12.1 Å². The van der Waals surface area contributed by atoms with Crippen LogP contribution in [0.4, 0.5) is 14.7 Å². The fourth-order valence-electron chi connectivity index (χ4n) is 1.81. The van der Waals surface area contributed by atoms with Crippen LogP contribution in [-0.4, -0.2) is 16.0 Å². The first kappa shape index (κ1) is 13.9. The highest BCUT2D eigenvalue weighted by Crippen LogP contribution is 2.21. The van der Waals surface area contributed by atoms with Gasteiger partial charge in [0.2, 0.25) is 5.88 Å². The van der Waals surface area contributed by atoms with Gasteiger partial charge in [0.25, 0.3) is 5.91 Å². The summed E-state index contributed by atoms with van der Waals surface area (Å²) in [5.41, 5.74) is 1.19. The number of pyridine rings is 1. The minimum Gasteiger partial charge on any atom is -0.338 e. The molecule has 0 aliphatic rings. The van der Waals surface area contributed by atoms with E-state index < -0.39 is 17.5 Å². The van der Waals surface area contributed by atoms with E-state index in [1.54, 1.807) is 24.5 Å². The van der Waals surface area contributed by atoms with Crippen LogP contribution < -0.4 is 5.32 Å². The third kappa shape index (κ3) is 2.83. The van der Waals surface area contributed by atoms with Crippen molar-refractivity contribution in [1.82, 2.24) is 10.1 Å². The highest BCUT2D eigenvalue weighted by molar-refractivity contribution is 6.03. The third-order valence-electron chi connectivity index (χ3n) is 2.89. The molecule has 0 atom stereocenters. The lowest BCUT2D eigenvalue weighted by Crippen LogP contribution is -2.11. The fourth-order valence-corrected chi connectivity index (χ4v) is 1.81. The Bertz CT molecular complexity index is 819. The van der Waals surface area contributed by atoms with Gasteiger partial charge in [-0.15, -0.1) is 0 Å². The number of halogens is 2. The number of hydrogen-bond donors (Lipinski definition) is 1. The van der Waals surface area contributed by atoms with Crippen LogP contribution in [0.5, 0.6) is 0 Å². The summed E-state index contributed by atoms with van der Waals surface area (Å²) in [7, 11) is 0. The molecule has 1 N–H and O–H groups in total. The van der Waals surface area contributed by atoms with Gasteiger partial charge in [-0.3, -0.25) is 15.1 Å². The van der Waals surface area contributed by atoms with Crippen molar-refractivity contribution >= 4 is 11.8 Å². The minimum absolute atomic E-state index is 0.0294. The van der Waals surface area contributed by atoms with Gasteiger partial charge in [0.05, 0.1) is 0 Å². The van der Waals surface area contributed by atoms with E-state index in [0.29, 0.717) is 5.69 Å². The van der Waals surface area contributed by atoms with E-state index in [9.17, 15) is 13.6 Å². The van der Waals surface area contributed by atoms with Crippen molar-refractivity contribution in [3.8, 4) is 11.3 Å². The van der Waals surface area contributed by atoms with E-state index >= 15 is 0 Å². The lowest BCUT2D eigenvalue weighted by atomic mass is 10.2. The molecule has 1 amide bonds. The molecule has 0 radical (unpaired) electrons. The molecular weight excluding hydrogens is 292 g/mol. The van der Waals surface area contributed by atoms with Gasteiger partial charge in [-0.2, -0.15) is 0 Å². The number of rotatable bonds is 3. The lowest BCUT2D eigenvalue weighted by Gasteiger charge is -2.01. The van der Waals surface area contributed by atoms with Crippen LogP contribution in [0.1, 0.15) is 10.4 Å². The zero-order valence-electron chi connectivity index (χ0n) is 11.1. The van der Waals surface area contributed by atoms with Gasteiger partial charge in [-0.05, 0) is 30.3 Å². The molecule has 1 aromatic carbocycles. The first-order chi connectivity index (χ1) is 10.6. The molecule has 0 saturated carbocycles. The van der Waals surface area contributed by atoms with Gasteiger partial charge in [0.1, 0.15) is 5.69 Å². The lowest BCUT2D eigenvalue weighted by molar-refractivity contribution is 0.102. The number of benzene rings is 1. The van der Waals surface area contributed by atoms with Crippen LogP contribution >= 0.6 is 0 Å². The van der Waals surface area contributed by atoms with Crippen molar-refractivity contribution in [1.29, 1.82) is 0 Å². The molecule has 5 nitrogen and oxygen atoms in total. The van der Waals surface area contributed by atoms with Gasteiger partial charge in [-0.1, -0.05) is 5.16 Å². The van der Waals surface area contributed by atoms with E-state index in [0.717, 1.165) is 17.7 Å². The number of anilines is 1. The Morgan fingerprint density at radius 2 is 2.00 bits per heavy atom. The molecule has 0 unspecified atom stereocenters. The second-order valence-electron chi connectivity index (χ2n) is 4.40. The standard InChI is InChI=1S/C15H9F2N3O2/c16-11-4-3-9(6-12(11)17)15(21)19-14-7-13(20-22-14)10-2-1-5-18-8-10/h1-8H,(H,19,21). The monoisotopic (exact) mass is 301 g/mol. The summed E-state index contributed by atoms with van der Waals surface area (Å²) >= 11 is 0. The van der Waals surface area contributed by atoms with Crippen molar-refractivity contribution in [3.63, 3.8) is 0 Å². The summed E-state index contributed by atoms with van der Waals surface area (Å²) in [5.74, 6) is -2.65. The largest absolute Gasteiger partial charge is 0.338 e.